The number of ether oxygens (including phenoxy) is 1. The summed E-state index contributed by atoms with van der Waals surface area (Å²) in [5.74, 6) is 1.37. The van der Waals surface area contributed by atoms with Gasteiger partial charge in [0, 0.05) is 29.1 Å². The van der Waals surface area contributed by atoms with Gasteiger partial charge in [0.05, 0.1) is 7.11 Å². The van der Waals surface area contributed by atoms with E-state index in [0.717, 1.165) is 35.4 Å². The van der Waals surface area contributed by atoms with Gasteiger partial charge in [0.1, 0.15) is 5.75 Å². The third-order valence-corrected chi connectivity index (χ3v) is 4.61. The zero-order chi connectivity index (χ0) is 15.0. The van der Waals surface area contributed by atoms with Crippen molar-refractivity contribution in [2.45, 2.75) is 32.7 Å². The first-order chi connectivity index (χ1) is 10.1. The fourth-order valence-electron chi connectivity index (χ4n) is 3.43. The van der Waals surface area contributed by atoms with Gasteiger partial charge < -0.3 is 10.5 Å². The SMILES string of the molecule is COc1c(C)cnc(CC2Cc3ccccc3C2N)c1C. The van der Waals surface area contributed by atoms with Crippen LogP contribution in [0.1, 0.15) is 34.0 Å². The van der Waals surface area contributed by atoms with E-state index in [0.29, 0.717) is 5.92 Å². The van der Waals surface area contributed by atoms with E-state index in [2.05, 4.69) is 36.2 Å². The van der Waals surface area contributed by atoms with Gasteiger partial charge in [-0.3, -0.25) is 4.98 Å². The molecule has 0 radical (unpaired) electrons. The lowest BCUT2D eigenvalue weighted by Gasteiger charge is -2.18. The summed E-state index contributed by atoms with van der Waals surface area (Å²) in [7, 11) is 1.72. The molecule has 1 aliphatic rings. The molecule has 0 amide bonds. The predicted molar refractivity (Wildman–Crippen MR) is 84.5 cm³/mol. The number of nitrogens with zero attached hydrogens (tertiary/aromatic N) is 1. The summed E-state index contributed by atoms with van der Waals surface area (Å²) in [4.78, 5) is 4.61. The monoisotopic (exact) mass is 282 g/mol. The van der Waals surface area contributed by atoms with Crippen LogP contribution >= 0.6 is 0 Å². The molecule has 0 bridgehead atoms. The standard InChI is InChI=1S/C18H22N2O/c1-11-10-20-16(12(2)18(11)21-3)9-14-8-13-6-4-5-7-15(13)17(14)19/h4-7,10,14,17H,8-9,19H2,1-3H3. The summed E-state index contributed by atoms with van der Waals surface area (Å²) in [6, 6.07) is 8.60. The maximum atomic E-state index is 6.43. The molecule has 3 rings (SSSR count). The van der Waals surface area contributed by atoms with Crippen molar-refractivity contribution in [1.29, 1.82) is 0 Å². The maximum absolute atomic E-state index is 6.43. The highest BCUT2D eigenvalue weighted by Gasteiger charge is 2.30. The number of hydrogen-bond donors (Lipinski definition) is 1. The van der Waals surface area contributed by atoms with Gasteiger partial charge in [-0.2, -0.15) is 0 Å². The molecule has 0 aliphatic heterocycles. The van der Waals surface area contributed by atoms with Crippen LogP contribution in [0, 0.1) is 19.8 Å². The Bertz CT molecular complexity index is 666. The molecule has 0 saturated heterocycles. The molecule has 110 valence electrons. The van der Waals surface area contributed by atoms with Gasteiger partial charge in [-0.15, -0.1) is 0 Å². The second-order valence-corrected chi connectivity index (χ2v) is 5.94. The first-order valence-corrected chi connectivity index (χ1v) is 7.44. The van der Waals surface area contributed by atoms with Gasteiger partial charge in [0.15, 0.2) is 0 Å². The highest BCUT2D eigenvalue weighted by Crippen LogP contribution is 2.37. The quantitative estimate of drug-likeness (QED) is 0.941. The Labute approximate surface area is 126 Å². The number of aryl methyl sites for hydroxylation is 1. The molecule has 2 aromatic rings. The second kappa shape index (κ2) is 5.49. The van der Waals surface area contributed by atoms with E-state index in [9.17, 15) is 0 Å². The Morgan fingerprint density at radius 1 is 1.29 bits per heavy atom. The lowest BCUT2D eigenvalue weighted by atomic mass is 9.93. The first-order valence-electron chi connectivity index (χ1n) is 7.44. The van der Waals surface area contributed by atoms with Crippen molar-refractivity contribution in [1.82, 2.24) is 4.98 Å². The average Bonchev–Trinajstić information content (AvgIpc) is 2.80. The Hall–Kier alpha value is -1.87. The van der Waals surface area contributed by atoms with E-state index in [4.69, 9.17) is 10.5 Å². The van der Waals surface area contributed by atoms with Crippen molar-refractivity contribution >= 4 is 0 Å². The molecule has 2 unspecified atom stereocenters. The second-order valence-electron chi connectivity index (χ2n) is 5.94. The minimum Gasteiger partial charge on any atom is -0.496 e. The molecule has 1 aromatic carbocycles. The Balaban J connectivity index is 1.86. The van der Waals surface area contributed by atoms with E-state index in [1.54, 1.807) is 7.11 Å². The van der Waals surface area contributed by atoms with Gasteiger partial charge in [-0.05, 0) is 43.7 Å². The molecule has 3 nitrogen and oxygen atoms in total. The summed E-state index contributed by atoms with van der Waals surface area (Å²) in [6.07, 6.45) is 3.84. The van der Waals surface area contributed by atoms with Gasteiger partial charge in [0.2, 0.25) is 0 Å². The molecule has 1 aliphatic carbocycles. The van der Waals surface area contributed by atoms with E-state index < -0.39 is 0 Å². The number of pyridine rings is 1. The van der Waals surface area contributed by atoms with Crippen molar-refractivity contribution in [2.24, 2.45) is 11.7 Å². The lowest BCUT2D eigenvalue weighted by Crippen LogP contribution is -2.20. The number of benzene rings is 1. The minimum atomic E-state index is 0.106. The van der Waals surface area contributed by atoms with E-state index in [-0.39, 0.29) is 6.04 Å². The minimum absolute atomic E-state index is 0.106. The number of fused-ring (bicyclic) bond motifs is 1. The number of methoxy groups -OCH3 is 1. The molecule has 21 heavy (non-hydrogen) atoms. The molecule has 1 aromatic heterocycles. The number of hydrogen-bond acceptors (Lipinski definition) is 3. The van der Waals surface area contributed by atoms with Crippen LogP contribution in [0.4, 0.5) is 0 Å². The zero-order valence-corrected chi connectivity index (χ0v) is 12.9. The van der Waals surface area contributed by atoms with Gasteiger partial charge >= 0.3 is 0 Å². The summed E-state index contributed by atoms with van der Waals surface area (Å²) in [5.41, 5.74) is 12.4. The van der Waals surface area contributed by atoms with Crippen molar-refractivity contribution in [3.63, 3.8) is 0 Å². The fraction of sp³-hybridized carbons (Fsp3) is 0.389. The molecular weight excluding hydrogens is 260 g/mol. The van der Waals surface area contributed by atoms with Crippen LogP contribution in [0.5, 0.6) is 5.75 Å². The molecular formula is C18H22N2O. The smallest absolute Gasteiger partial charge is 0.128 e. The van der Waals surface area contributed by atoms with Gasteiger partial charge in [0.25, 0.3) is 0 Å². The molecule has 0 saturated carbocycles. The van der Waals surface area contributed by atoms with Crippen LogP contribution < -0.4 is 10.5 Å². The van der Waals surface area contributed by atoms with Crippen LogP contribution in [0.25, 0.3) is 0 Å². The van der Waals surface area contributed by atoms with Crippen molar-refractivity contribution in [3.8, 4) is 5.75 Å². The van der Waals surface area contributed by atoms with Crippen molar-refractivity contribution < 1.29 is 4.74 Å². The van der Waals surface area contributed by atoms with Crippen LogP contribution in [-0.2, 0) is 12.8 Å². The highest BCUT2D eigenvalue weighted by molar-refractivity contribution is 5.42. The highest BCUT2D eigenvalue weighted by atomic mass is 16.5. The first kappa shape index (κ1) is 14.1. The number of aromatic nitrogens is 1. The summed E-state index contributed by atoms with van der Waals surface area (Å²) in [5, 5.41) is 0. The maximum Gasteiger partial charge on any atom is 0.128 e. The predicted octanol–water partition coefficient (Wildman–Crippen LogP) is 3.12. The van der Waals surface area contributed by atoms with Gasteiger partial charge in [-0.25, -0.2) is 0 Å². The van der Waals surface area contributed by atoms with E-state index in [1.165, 1.54) is 11.1 Å². The topological polar surface area (TPSA) is 48.1 Å². The molecule has 2 N–H and O–H groups in total. The summed E-state index contributed by atoms with van der Waals surface area (Å²) >= 11 is 0. The Morgan fingerprint density at radius 2 is 2.05 bits per heavy atom. The molecule has 2 atom stereocenters. The molecule has 3 heteroatoms. The Morgan fingerprint density at radius 3 is 2.76 bits per heavy atom. The van der Waals surface area contributed by atoms with Crippen LogP contribution in [-0.4, -0.2) is 12.1 Å². The average molecular weight is 282 g/mol. The van der Waals surface area contributed by atoms with E-state index >= 15 is 0 Å². The van der Waals surface area contributed by atoms with Crippen LogP contribution in [0.2, 0.25) is 0 Å². The largest absolute Gasteiger partial charge is 0.496 e. The molecule has 0 fully saturated rings. The number of rotatable bonds is 3. The normalized spacial score (nSPS) is 20.4. The van der Waals surface area contributed by atoms with Crippen molar-refractivity contribution in [3.05, 3.63) is 58.4 Å². The Kier molecular flexibility index (Phi) is 3.68. The molecule has 1 heterocycles. The molecule has 0 spiro atoms. The lowest BCUT2D eigenvalue weighted by molar-refractivity contribution is 0.404. The third-order valence-electron chi connectivity index (χ3n) is 4.61. The van der Waals surface area contributed by atoms with Crippen LogP contribution in [0.3, 0.4) is 0 Å². The van der Waals surface area contributed by atoms with E-state index in [1.807, 2.05) is 13.1 Å². The third kappa shape index (κ3) is 2.42. The summed E-state index contributed by atoms with van der Waals surface area (Å²) < 4.78 is 5.50. The fourth-order valence-corrected chi connectivity index (χ4v) is 3.43. The van der Waals surface area contributed by atoms with Gasteiger partial charge in [-0.1, -0.05) is 24.3 Å². The number of nitrogens with two attached hydrogens (primary N) is 1. The zero-order valence-electron chi connectivity index (χ0n) is 12.9. The summed E-state index contributed by atoms with van der Waals surface area (Å²) in [6.45, 7) is 4.11. The van der Waals surface area contributed by atoms with Crippen LogP contribution in [0.15, 0.2) is 30.5 Å². The van der Waals surface area contributed by atoms with Crippen molar-refractivity contribution in [2.75, 3.05) is 7.11 Å².